The summed E-state index contributed by atoms with van der Waals surface area (Å²) >= 11 is 1.35. The van der Waals surface area contributed by atoms with Crippen molar-refractivity contribution in [2.24, 2.45) is 0 Å². The predicted molar refractivity (Wildman–Crippen MR) is 82.3 cm³/mol. The second kappa shape index (κ2) is 7.35. The SMILES string of the molecule is Cc1cccc(CSCC(=O)Nc2ccc(F)c(F)c2F)c1. The van der Waals surface area contributed by atoms with E-state index in [1.165, 1.54) is 11.8 Å². The zero-order chi connectivity index (χ0) is 16.1. The van der Waals surface area contributed by atoms with Gasteiger partial charge in [0, 0.05) is 5.75 Å². The number of amides is 1. The number of halogens is 3. The second-order valence-corrected chi connectivity index (χ2v) is 5.74. The summed E-state index contributed by atoms with van der Waals surface area (Å²) in [5.41, 5.74) is 1.85. The molecule has 2 aromatic carbocycles. The Balaban J connectivity index is 1.87. The standard InChI is InChI=1S/C16H14F3NOS/c1-10-3-2-4-11(7-10)8-22-9-14(21)20-13-6-5-12(17)15(18)16(13)19/h2-7H,8-9H2,1H3,(H,20,21). The van der Waals surface area contributed by atoms with Crippen LogP contribution in [0.15, 0.2) is 36.4 Å². The fourth-order valence-electron chi connectivity index (χ4n) is 1.87. The van der Waals surface area contributed by atoms with Crippen molar-refractivity contribution in [1.29, 1.82) is 0 Å². The lowest BCUT2D eigenvalue weighted by Crippen LogP contribution is -2.16. The fraction of sp³-hybridized carbons (Fsp3) is 0.188. The number of carbonyl (C=O) groups excluding carboxylic acids is 1. The number of thioether (sulfide) groups is 1. The normalized spacial score (nSPS) is 10.5. The molecule has 0 atom stereocenters. The van der Waals surface area contributed by atoms with E-state index in [0.717, 1.165) is 23.3 Å². The van der Waals surface area contributed by atoms with Crippen molar-refractivity contribution in [3.8, 4) is 0 Å². The molecule has 2 rings (SSSR count). The van der Waals surface area contributed by atoms with Gasteiger partial charge in [-0.2, -0.15) is 0 Å². The van der Waals surface area contributed by atoms with E-state index in [1.807, 2.05) is 31.2 Å². The Bertz CT molecular complexity index is 691. The molecule has 0 aromatic heterocycles. The smallest absolute Gasteiger partial charge is 0.234 e. The lowest BCUT2D eigenvalue weighted by atomic mass is 10.2. The third kappa shape index (κ3) is 4.27. The maximum atomic E-state index is 13.4. The molecule has 0 aliphatic rings. The molecule has 0 unspecified atom stereocenters. The molecule has 1 amide bonds. The first-order chi connectivity index (χ1) is 10.5. The summed E-state index contributed by atoms with van der Waals surface area (Å²) in [5, 5.41) is 2.23. The monoisotopic (exact) mass is 325 g/mol. The third-order valence-electron chi connectivity index (χ3n) is 2.89. The highest BCUT2D eigenvalue weighted by Gasteiger charge is 2.15. The number of nitrogens with one attached hydrogen (secondary N) is 1. The quantitative estimate of drug-likeness (QED) is 0.831. The van der Waals surface area contributed by atoms with Crippen molar-refractivity contribution in [1.82, 2.24) is 0 Å². The highest BCUT2D eigenvalue weighted by molar-refractivity contribution is 7.99. The van der Waals surface area contributed by atoms with Crippen LogP contribution in [0.1, 0.15) is 11.1 Å². The molecule has 2 aromatic rings. The van der Waals surface area contributed by atoms with Gasteiger partial charge in [0.2, 0.25) is 5.91 Å². The van der Waals surface area contributed by atoms with E-state index in [9.17, 15) is 18.0 Å². The molecular formula is C16H14F3NOS. The first-order valence-corrected chi connectivity index (χ1v) is 7.69. The van der Waals surface area contributed by atoms with E-state index < -0.39 is 23.4 Å². The Morgan fingerprint density at radius 3 is 2.64 bits per heavy atom. The molecular weight excluding hydrogens is 311 g/mol. The summed E-state index contributed by atoms with van der Waals surface area (Å²) in [5.74, 6) is -4.02. The van der Waals surface area contributed by atoms with Crippen molar-refractivity contribution < 1.29 is 18.0 Å². The molecule has 0 bridgehead atoms. The second-order valence-electron chi connectivity index (χ2n) is 4.75. The van der Waals surface area contributed by atoms with Gasteiger partial charge in [-0.3, -0.25) is 4.79 Å². The fourth-order valence-corrected chi connectivity index (χ4v) is 2.65. The molecule has 0 aliphatic heterocycles. The van der Waals surface area contributed by atoms with E-state index in [1.54, 1.807) is 0 Å². The maximum Gasteiger partial charge on any atom is 0.234 e. The van der Waals surface area contributed by atoms with E-state index in [0.29, 0.717) is 5.75 Å². The minimum absolute atomic E-state index is 0.0897. The molecule has 22 heavy (non-hydrogen) atoms. The number of rotatable bonds is 5. The molecule has 0 spiro atoms. The Kier molecular flexibility index (Phi) is 5.49. The van der Waals surface area contributed by atoms with Crippen LogP contribution in [-0.4, -0.2) is 11.7 Å². The van der Waals surface area contributed by atoms with Crippen LogP contribution >= 0.6 is 11.8 Å². The summed E-state index contributed by atoms with van der Waals surface area (Å²) < 4.78 is 39.3. The average Bonchev–Trinajstić information content (AvgIpc) is 2.48. The highest BCUT2D eigenvalue weighted by atomic mass is 32.2. The van der Waals surface area contributed by atoms with E-state index in [4.69, 9.17) is 0 Å². The Morgan fingerprint density at radius 1 is 1.14 bits per heavy atom. The van der Waals surface area contributed by atoms with E-state index in [-0.39, 0.29) is 11.4 Å². The first kappa shape index (κ1) is 16.4. The Hall–Kier alpha value is -1.95. The molecule has 0 saturated heterocycles. The number of carbonyl (C=O) groups is 1. The zero-order valence-electron chi connectivity index (χ0n) is 11.8. The number of hydrogen-bond acceptors (Lipinski definition) is 2. The van der Waals surface area contributed by atoms with E-state index in [2.05, 4.69) is 5.32 Å². The van der Waals surface area contributed by atoms with Crippen molar-refractivity contribution in [3.05, 3.63) is 65.0 Å². The molecule has 116 valence electrons. The van der Waals surface area contributed by atoms with Gasteiger partial charge in [0.05, 0.1) is 11.4 Å². The van der Waals surface area contributed by atoms with Crippen molar-refractivity contribution in [3.63, 3.8) is 0 Å². The van der Waals surface area contributed by atoms with Gasteiger partial charge < -0.3 is 5.32 Å². The zero-order valence-corrected chi connectivity index (χ0v) is 12.6. The van der Waals surface area contributed by atoms with Crippen molar-refractivity contribution in [2.45, 2.75) is 12.7 Å². The van der Waals surface area contributed by atoms with Gasteiger partial charge in [0.15, 0.2) is 17.5 Å². The average molecular weight is 325 g/mol. The molecule has 0 aliphatic carbocycles. The number of benzene rings is 2. The number of aryl methyl sites for hydroxylation is 1. The van der Waals surface area contributed by atoms with Gasteiger partial charge in [0.25, 0.3) is 0 Å². The molecule has 0 heterocycles. The van der Waals surface area contributed by atoms with Crippen LogP contribution in [0.5, 0.6) is 0 Å². The molecule has 0 saturated carbocycles. The van der Waals surface area contributed by atoms with Gasteiger partial charge in [-0.05, 0) is 24.6 Å². The Morgan fingerprint density at radius 2 is 1.91 bits per heavy atom. The lowest BCUT2D eigenvalue weighted by Gasteiger charge is -2.07. The summed E-state index contributed by atoms with van der Waals surface area (Å²) in [4.78, 5) is 11.7. The first-order valence-electron chi connectivity index (χ1n) is 6.54. The van der Waals surface area contributed by atoms with Crippen LogP contribution in [0.25, 0.3) is 0 Å². The molecule has 2 nitrogen and oxygen atoms in total. The van der Waals surface area contributed by atoms with Gasteiger partial charge in [-0.15, -0.1) is 11.8 Å². The predicted octanol–water partition coefficient (Wildman–Crippen LogP) is 4.28. The van der Waals surface area contributed by atoms with Crippen LogP contribution in [0.3, 0.4) is 0 Å². The van der Waals surface area contributed by atoms with Crippen LogP contribution in [-0.2, 0) is 10.5 Å². The van der Waals surface area contributed by atoms with Crippen molar-refractivity contribution in [2.75, 3.05) is 11.1 Å². The minimum atomic E-state index is -1.59. The van der Waals surface area contributed by atoms with Crippen LogP contribution in [0.4, 0.5) is 18.9 Å². The third-order valence-corrected chi connectivity index (χ3v) is 3.90. The summed E-state index contributed by atoms with van der Waals surface area (Å²) in [7, 11) is 0. The largest absolute Gasteiger partial charge is 0.323 e. The molecule has 6 heteroatoms. The van der Waals surface area contributed by atoms with E-state index >= 15 is 0 Å². The number of hydrogen-bond donors (Lipinski definition) is 1. The van der Waals surface area contributed by atoms with Gasteiger partial charge in [-0.25, -0.2) is 13.2 Å². The van der Waals surface area contributed by atoms with Gasteiger partial charge in [0.1, 0.15) is 0 Å². The summed E-state index contributed by atoms with van der Waals surface area (Å²) in [6.45, 7) is 1.98. The lowest BCUT2D eigenvalue weighted by molar-refractivity contribution is -0.113. The summed E-state index contributed by atoms with van der Waals surface area (Å²) in [6, 6.07) is 9.65. The van der Waals surface area contributed by atoms with Crippen LogP contribution in [0, 0.1) is 24.4 Å². The maximum absolute atomic E-state index is 13.4. The van der Waals surface area contributed by atoms with Crippen LogP contribution < -0.4 is 5.32 Å². The highest BCUT2D eigenvalue weighted by Crippen LogP contribution is 2.20. The molecule has 0 fully saturated rings. The Labute approximate surface area is 130 Å². The molecule has 1 N–H and O–H groups in total. The number of anilines is 1. The molecule has 0 radical (unpaired) electrons. The minimum Gasteiger partial charge on any atom is -0.323 e. The topological polar surface area (TPSA) is 29.1 Å². The van der Waals surface area contributed by atoms with Gasteiger partial charge in [-0.1, -0.05) is 29.8 Å². The summed E-state index contributed by atoms with van der Waals surface area (Å²) in [6.07, 6.45) is 0. The van der Waals surface area contributed by atoms with Gasteiger partial charge >= 0.3 is 0 Å². The van der Waals surface area contributed by atoms with Crippen LogP contribution in [0.2, 0.25) is 0 Å². The van der Waals surface area contributed by atoms with Crippen molar-refractivity contribution >= 4 is 23.4 Å².